The van der Waals surface area contributed by atoms with Crippen LogP contribution >= 0.6 is 8.53 Å². The number of nitrogens with two attached hydrogens (primary N) is 1. The van der Waals surface area contributed by atoms with Gasteiger partial charge in [0.15, 0.2) is 0 Å². The van der Waals surface area contributed by atoms with Crippen molar-refractivity contribution < 1.29 is 9.42 Å². The van der Waals surface area contributed by atoms with Gasteiger partial charge >= 0.3 is 8.53 Å². The van der Waals surface area contributed by atoms with E-state index in [1.165, 1.54) is 0 Å². The number of allylic oxidation sites excluding steroid dienone is 2. The minimum absolute atomic E-state index is 0.654. The summed E-state index contributed by atoms with van der Waals surface area (Å²) in [5.41, 5.74) is 4.93. The van der Waals surface area contributed by atoms with Crippen LogP contribution in [0, 0.1) is 0 Å². The smallest absolute Gasteiger partial charge is 0.312 e. The molecular weight excluding hydrogens is 125 g/mol. The SMILES string of the molecule is CC=C(C)OP(N)O. The minimum atomic E-state index is -1.71. The third kappa shape index (κ3) is 4.06. The topological polar surface area (TPSA) is 55.5 Å². The fraction of sp³-hybridized carbons (Fsp3) is 0.500. The van der Waals surface area contributed by atoms with E-state index < -0.39 is 8.53 Å². The lowest BCUT2D eigenvalue weighted by atomic mass is 10.5. The van der Waals surface area contributed by atoms with E-state index in [1.54, 1.807) is 13.0 Å². The van der Waals surface area contributed by atoms with Gasteiger partial charge in [0.05, 0.1) is 5.76 Å². The molecule has 0 amide bonds. The maximum atomic E-state index is 8.43. The molecule has 0 rings (SSSR count). The van der Waals surface area contributed by atoms with Gasteiger partial charge in [-0.1, -0.05) is 0 Å². The summed E-state index contributed by atoms with van der Waals surface area (Å²) in [5, 5.41) is 0. The Bertz CT molecular complexity index is 92.0. The first-order valence-corrected chi connectivity index (χ1v) is 3.49. The van der Waals surface area contributed by atoms with Gasteiger partial charge in [0.25, 0.3) is 0 Å². The molecule has 8 heavy (non-hydrogen) atoms. The van der Waals surface area contributed by atoms with E-state index in [4.69, 9.17) is 10.4 Å². The van der Waals surface area contributed by atoms with Gasteiger partial charge in [0, 0.05) is 0 Å². The van der Waals surface area contributed by atoms with Crippen LogP contribution < -0.4 is 5.50 Å². The molecule has 1 unspecified atom stereocenters. The van der Waals surface area contributed by atoms with Crippen LogP contribution in [0.25, 0.3) is 0 Å². The number of hydrogen-bond donors (Lipinski definition) is 2. The lowest BCUT2D eigenvalue weighted by Gasteiger charge is -2.04. The molecule has 48 valence electrons. The molecule has 3 nitrogen and oxygen atoms in total. The summed E-state index contributed by atoms with van der Waals surface area (Å²) in [7, 11) is -1.71. The molecule has 4 heteroatoms. The molecule has 0 aliphatic carbocycles. The van der Waals surface area contributed by atoms with Crippen molar-refractivity contribution in [2.24, 2.45) is 5.50 Å². The lowest BCUT2D eigenvalue weighted by Crippen LogP contribution is -1.89. The summed E-state index contributed by atoms with van der Waals surface area (Å²) in [6, 6.07) is 0. The molecule has 0 bridgehead atoms. The van der Waals surface area contributed by atoms with Crippen molar-refractivity contribution in [3.05, 3.63) is 11.8 Å². The van der Waals surface area contributed by atoms with Gasteiger partial charge in [0.1, 0.15) is 0 Å². The highest BCUT2D eigenvalue weighted by molar-refractivity contribution is 7.43. The van der Waals surface area contributed by atoms with Crippen molar-refractivity contribution in [2.75, 3.05) is 0 Å². The summed E-state index contributed by atoms with van der Waals surface area (Å²) in [6.07, 6.45) is 1.73. The highest BCUT2D eigenvalue weighted by Crippen LogP contribution is 2.23. The molecule has 0 saturated carbocycles. The Morgan fingerprint density at radius 3 is 2.50 bits per heavy atom. The molecule has 0 aromatic carbocycles. The predicted octanol–water partition coefficient (Wildman–Crippen LogP) is 1.10. The van der Waals surface area contributed by atoms with E-state index in [0.29, 0.717) is 5.76 Å². The standard InChI is InChI=1S/C4H10NO2P/c1-3-4(2)7-8(5)6/h3,6H,5H2,1-2H3. The quantitative estimate of drug-likeness (QED) is 0.440. The lowest BCUT2D eigenvalue weighted by molar-refractivity contribution is 0.402. The molecular formula is C4H10NO2P. The van der Waals surface area contributed by atoms with Crippen LogP contribution in [-0.2, 0) is 4.52 Å². The molecule has 0 aliphatic rings. The molecule has 0 spiro atoms. The van der Waals surface area contributed by atoms with E-state index in [-0.39, 0.29) is 0 Å². The van der Waals surface area contributed by atoms with Gasteiger partial charge in [-0.15, -0.1) is 0 Å². The molecule has 0 saturated heterocycles. The van der Waals surface area contributed by atoms with Gasteiger partial charge in [-0.25, -0.2) is 0 Å². The van der Waals surface area contributed by atoms with E-state index in [0.717, 1.165) is 0 Å². The first-order valence-electron chi connectivity index (χ1n) is 2.21. The first-order chi connectivity index (χ1) is 3.66. The van der Waals surface area contributed by atoms with Crippen molar-refractivity contribution in [1.82, 2.24) is 0 Å². The molecule has 3 N–H and O–H groups in total. The molecule has 0 heterocycles. The molecule has 0 aliphatic heterocycles. The predicted molar refractivity (Wildman–Crippen MR) is 33.8 cm³/mol. The normalized spacial score (nSPS) is 15.8. The molecule has 0 aromatic heterocycles. The van der Waals surface area contributed by atoms with Crippen molar-refractivity contribution in [3.63, 3.8) is 0 Å². The zero-order chi connectivity index (χ0) is 6.57. The van der Waals surface area contributed by atoms with E-state index >= 15 is 0 Å². The molecule has 1 atom stereocenters. The molecule has 0 radical (unpaired) electrons. The minimum Gasteiger partial charge on any atom is -0.441 e. The summed E-state index contributed by atoms with van der Waals surface area (Å²) >= 11 is 0. The Morgan fingerprint density at radius 1 is 1.88 bits per heavy atom. The average molecular weight is 135 g/mol. The van der Waals surface area contributed by atoms with E-state index in [2.05, 4.69) is 4.52 Å². The second-order valence-corrected chi connectivity index (χ2v) is 2.08. The Balaban J connectivity index is 3.39. The van der Waals surface area contributed by atoms with E-state index in [9.17, 15) is 0 Å². The van der Waals surface area contributed by atoms with Gasteiger partial charge in [-0.3, -0.25) is 5.50 Å². The summed E-state index contributed by atoms with van der Waals surface area (Å²) in [5.74, 6) is 0.654. The maximum absolute atomic E-state index is 8.43. The van der Waals surface area contributed by atoms with Crippen LogP contribution in [0.15, 0.2) is 11.8 Å². The Labute approximate surface area is 50.1 Å². The zero-order valence-electron chi connectivity index (χ0n) is 4.96. The van der Waals surface area contributed by atoms with Crippen LogP contribution in [0.2, 0.25) is 0 Å². The Morgan fingerprint density at radius 2 is 2.38 bits per heavy atom. The van der Waals surface area contributed by atoms with Gasteiger partial charge < -0.3 is 9.42 Å². The summed E-state index contributed by atoms with van der Waals surface area (Å²) < 4.78 is 4.66. The largest absolute Gasteiger partial charge is 0.441 e. The maximum Gasteiger partial charge on any atom is 0.312 e. The Hall–Kier alpha value is -0.110. The van der Waals surface area contributed by atoms with Crippen molar-refractivity contribution in [2.45, 2.75) is 13.8 Å². The third-order valence-corrected chi connectivity index (χ3v) is 1.12. The summed E-state index contributed by atoms with van der Waals surface area (Å²) in [6.45, 7) is 3.55. The highest BCUT2D eigenvalue weighted by atomic mass is 31.2. The first kappa shape index (κ1) is 7.89. The van der Waals surface area contributed by atoms with Crippen LogP contribution in [0.1, 0.15) is 13.8 Å². The zero-order valence-corrected chi connectivity index (χ0v) is 5.85. The number of hydrogen-bond acceptors (Lipinski definition) is 3. The third-order valence-electron chi connectivity index (χ3n) is 0.644. The average Bonchev–Trinajstić information content (AvgIpc) is 1.65. The second-order valence-electron chi connectivity index (χ2n) is 1.29. The van der Waals surface area contributed by atoms with Crippen molar-refractivity contribution in [3.8, 4) is 0 Å². The van der Waals surface area contributed by atoms with Crippen molar-refractivity contribution in [1.29, 1.82) is 0 Å². The fourth-order valence-corrected chi connectivity index (χ4v) is 0.601. The second kappa shape index (κ2) is 3.84. The van der Waals surface area contributed by atoms with Gasteiger partial charge in [-0.05, 0) is 19.9 Å². The van der Waals surface area contributed by atoms with Crippen LogP contribution in [0.5, 0.6) is 0 Å². The van der Waals surface area contributed by atoms with Crippen LogP contribution in [0.3, 0.4) is 0 Å². The fourth-order valence-electron chi connectivity index (χ4n) is 0.200. The molecule has 0 aromatic rings. The number of rotatable bonds is 2. The molecule has 0 fully saturated rings. The monoisotopic (exact) mass is 135 g/mol. The van der Waals surface area contributed by atoms with E-state index in [1.807, 2.05) is 6.92 Å². The van der Waals surface area contributed by atoms with Crippen LogP contribution in [-0.4, -0.2) is 4.89 Å². The summed E-state index contributed by atoms with van der Waals surface area (Å²) in [4.78, 5) is 8.43. The van der Waals surface area contributed by atoms with Crippen molar-refractivity contribution >= 4 is 8.53 Å². The van der Waals surface area contributed by atoms with Gasteiger partial charge in [0.2, 0.25) is 0 Å². The van der Waals surface area contributed by atoms with Gasteiger partial charge in [-0.2, -0.15) is 0 Å². The Kier molecular flexibility index (Phi) is 3.79. The van der Waals surface area contributed by atoms with Crippen LogP contribution in [0.4, 0.5) is 0 Å². The highest BCUT2D eigenvalue weighted by Gasteiger charge is 1.94.